The van der Waals surface area contributed by atoms with E-state index in [0.717, 1.165) is 12.8 Å². The molecular weight excluding hydrogens is 259 g/mol. The summed E-state index contributed by atoms with van der Waals surface area (Å²) in [7, 11) is 0. The van der Waals surface area contributed by atoms with E-state index < -0.39 is 0 Å². The fourth-order valence-electron chi connectivity index (χ4n) is 2.38. The number of aliphatic hydroxyl groups is 1. The highest BCUT2D eigenvalue weighted by molar-refractivity contribution is 5.75. The molecule has 1 saturated carbocycles. The van der Waals surface area contributed by atoms with Crippen LogP contribution in [-0.4, -0.2) is 29.8 Å². The minimum absolute atomic E-state index is 0.0111. The molecule has 1 aliphatic rings. The molecule has 5 heteroatoms. The molecule has 1 fully saturated rings. The van der Waals surface area contributed by atoms with E-state index in [1.54, 1.807) is 12.1 Å². The zero-order valence-electron chi connectivity index (χ0n) is 11.6. The van der Waals surface area contributed by atoms with Gasteiger partial charge >= 0.3 is 6.03 Å². The van der Waals surface area contributed by atoms with Crippen LogP contribution in [0.3, 0.4) is 0 Å². The fraction of sp³-hybridized carbons (Fsp3) is 0.533. The van der Waals surface area contributed by atoms with Crippen LogP contribution in [0, 0.1) is 5.82 Å². The number of hydrogen-bond acceptors (Lipinski definition) is 2. The van der Waals surface area contributed by atoms with Crippen LogP contribution >= 0.6 is 0 Å². The third-order valence-electron chi connectivity index (χ3n) is 3.58. The molecule has 4 nitrogen and oxygen atoms in total. The number of carbonyl (C=O) groups is 1. The first-order valence-electron chi connectivity index (χ1n) is 7.04. The average molecular weight is 280 g/mol. The normalized spacial score (nSPS) is 22.1. The second-order valence-corrected chi connectivity index (χ2v) is 5.35. The fourth-order valence-corrected chi connectivity index (χ4v) is 2.38. The first-order chi connectivity index (χ1) is 9.61. The Hall–Kier alpha value is -1.62. The van der Waals surface area contributed by atoms with Gasteiger partial charge in [0.25, 0.3) is 0 Å². The molecule has 2 rings (SSSR count). The monoisotopic (exact) mass is 280 g/mol. The molecule has 1 aromatic rings. The summed E-state index contributed by atoms with van der Waals surface area (Å²) in [6.45, 7) is 2.03. The lowest BCUT2D eigenvalue weighted by molar-refractivity contribution is 0.233. The Kier molecular flexibility index (Phi) is 4.95. The zero-order chi connectivity index (χ0) is 14.5. The average Bonchev–Trinajstić information content (AvgIpc) is 3.15. The minimum atomic E-state index is -0.223. The van der Waals surface area contributed by atoms with Crippen LogP contribution in [0.4, 0.5) is 9.18 Å². The van der Waals surface area contributed by atoms with Crippen LogP contribution in [0.25, 0.3) is 0 Å². The van der Waals surface area contributed by atoms with Gasteiger partial charge in [0.1, 0.15) is 5.82 Å². The Morgan fingerprint density at radius 1 is 1.50 bits per heavy atom. The Morgan fingerprint density at radius 3 is 2.95 bits per heavy atom. The summed E-state index contributed by atoms with van der Waals surface area (Å²) in [6.07, 6.45) is 2.19. The maximum atomic E-state index is 13.6. The Labute approximate surface area is 118 Å². The Bertz CT molecular complexity index is 467. The quantitative estimate of drug-likeness (QED) is 0.747. The van der Waals surface area contributed by atoms with Crippen molar-refractivity contribution in [1.29, 1.82) is 0 Å². The SMILES string of the molecule is CC(CCCO)NC(=O)NC1CC1c1ccccc1F. The second kappa shape index (κ2) is 6.70. The second-order valence-electron chi connectivity index (χ2n) is 5.35. The highest BCUT2D eigenvalue weighted by Gasteiger charge is 2.40. The van der Waals surface area contributed by atoms with Gasteiger partial charge < -0.3 is 15.7 Å². The lowest BCUT2D eigenvalue weighted by Crippen LogP contribution is -2.42. The summed E-state index contributed by atoms with van der Waals surface area (Å²) in [5, 5.41) is 14.4. The van der Waals surface area contributed by atoms with Crippen molar-refractivity contribution < 1.29 is 14.3 Å². The van der Waals surface area contributed by atoms with Gasteiger partial charge in [-0.25, -0.2) is 9.18 Å². The number of amides is 2. The molecule has 20 heavy (non-hydrogen) atoms. The van der Waals surface area contributed by atoms with Gasteiger partial charge in [-0.05, 0) is 37.8 Å². The number of aliphatic hydroxyl groups excluding tert-OH is 1. The van der Waals surface area contributed by atoms with Gasteiger partial charge in [0.2, 0.25) is 0 Å². The van der Waals surface area contributed by atoms with Gasteiger partial charge in [-0.1, -0.05) is 18.2 Å². The van der Waals surface area contributed by atoms with E-state index >= 15 is 0 Å². The van der Waals surface area contributed by atoms with Gasteiger partial charge in [0, 0.05) is 24.6 Å². The van der Waals surface area contributed by atoms with E-state index in [0.29, 0.717) is 12.0 Å². The molecule has 0 aromatic heterocycles. The topological polar surface area (TPSA) is 61.4 Å². The lowest BCUT2D eigenvalue weighted by Gasteiger charge is -2.14. The molecule has 0 aliphatic heterocycles. The van der Waals surface area contributed by atoms with E-state index in [2.05, 4.69) is 10.6 Å². The largest absolute Gasteiger partial charge is 0.396 e. The van der Waals surface area contributed by atoms with Crippen molar-refractivity contribution in [3.8, 4) is 0 Å². The van der Waals surface area contributed by atoms with Crippen LogP contribution < -0.4 is 10.6 Å². The van der Waals surface area contributed by atoms with Crippen molar-refractivity contribution in [2.24, 2.45) is 0 Å². The van der Waals surface area contributed by atoms with Crippen LogP contribution in [-0.2, 0) is 0 Å². The number of rotatable bonds is 6. The van der Waals surface area contributed by atoms with E-state index in [1.165, 1.54) is 6.07 Å². The molecule has 1 aromatic carbocycles. The first kappa shape index (κ1) is 14.8. The summed E-state index contributed by atoms with van der Waals surface area (Å²) in [6, 6.07) is 6.50. The summed E-state index contributed by atoms with van der Waals surface area (Å²) < 4.78 is 13.6. The molecule has 0 heterocycles. The number of urea groups is 1. The van der Waals surface area contributed by atoms with Gasteiger partial charge in [-0.15, -0.1) is 0 Å². The molecule has 0 spiro atoms. The van der Waals surface area contributed by atoms with Crippen molar-refractivity contribution in [1.82, 2.24) is 10.6 Å². The van der Waals surface area contributed by atoms with E-state index in [1.807, 2.05) is 13.0 Å². The predicted molar refractivity (Wildman–Crippen MR) is 75.0 cm³/mol. The molecular formula is C15H21FN2O2. The van der Waals surface area contributed by atoms with Gasteiger partial charge in [-0.2, -0.15) is 0 Å². The van der Waals surface area contributed by atoms with Crippen molar-refractivity contribution in [3.05, 3.63) is 35.6 Å². The molecule has 3 atom stereocenters. The molecule has 0 bridgehead atoms. The lowest BCUT2D eigenvalue weighted by atomic mass is 10.1. The number of nitrogens with one attached hydrogen (secondary N) is 2. The third kappa shape index (κ3) is 3.93. The van der Waals surface area contributed by atoms with Gasteiger partial charge in [0.15, 0.2) is 0 Å². The zero-order valence-corrected chi connectivity index (χ0v) is 11.6. The van der Waals surface area contributed by atoms with E-state index in [4.69, 9.17) is 5.11 Å². The van der Waals surface area contributed by atoms with Gasteiger partial charge in [0.05, 0.1) is 0 Å². The number of benzene rings is 1. The standard InChI is InChI=1S/C15H21FN2O2/c1-10(5-4-8-19)17-15(20)18-14-9-12(14)11-6-2-3-7-13(11)16/h2-3,6-7,10,12,14,19H,4-5,8-9H2,1H3,(H2,17,18,20). The smallest absolute Gasteiger partial charge is 0.315 e. The third-order valence-corrected chi connectivity index (χ3v) is 3.58. The first-order valence-corrected chi connectivity index (χ1v) is 7.04. The van der Waals surface area contributed by atoms with Crippen LogP contribution in [0.2, 0.25) is 0 Å². The molecule has 2 amide bonds. The van der Waals surface area contributed by atoms with E-state index in [9.17, 15) is 9.18 Å². The number of halogens is 1. The molecule has 110 valence electrons. The van der Waals surface area contributed by atoms with Crippen molar-refractivity contribution in [2.45, 2.75) is 44.2 Å². The highest BCUT2D eigenvalue weighted by atomic mass is 19.1. The molecule has 3 N–H and O–H groups in total. The van der Waals surface area contributed by atoms with Crippen LogP contribution in [0.1, 0.15) is 37.7 Å². The van der Waals surface area contributed by atoms with Crippen LogP contribution in [0.15, 0.2) is 24.3 Å². The summed E-state index contributed by atoms with van der Waals surface area (Å²) in [5.41, 5.74) is 0.672. The maximum absolute atomic E-state index is 13.6. The van der Waals surface area contributed by atoms with Crippen molar-refractivity contribution in [3.63, 3.8) is 0 Å². The summed E-state index contributed by atoms with van der Waals surface area (Å²) in [5.74, 6) is -0.131. The van der Waals surface area contributed by atoms with Gasteiger partial charge in [-0.3, -0.25) is 0 Å². The maximum Gasteiger partial charge on any atom is 0.315 e. The highest BCUT2D eigenvalue weighted by Crippen LogP contribution is 2.41. The van der Waals surface area contributed by atoms with Crippen molar-refractivity contribution >= 4 is 6.03 Å². The van der Waals surface area contributed by atoms with Crippen molar-refractivity contribution in [2.75, 3.05) is 6.61 Å². The number of carbonyl (C=O) groups excluding carboxylic acids is 1. The van der Waals surface area contributed by atoms with E-state index in [-0.39, 0.29) is 36.5 Å². The Balaban J connectivity index is 1.76. The summed E-state index contributed by atoms with van der Waals surface area (Å²) in [4.78, 5) is 11.8. The molecule has 0 radical (unpaired) electrons. The molecule has 3 unspecified atom stereocenters. The predicted octanol–water partition coefficient (Wildman–Crippen LogP) is 2.14. The molecule has 1 aliphatic carbocycles. The molecule has 0 saturated heterocycles. The summed E-state index contributed by atoms with van der Waals surface area (Å²) >= 11 is 0. The van der Waals surface area contributed by atoms with Crippen LogP contribution in [0.5, 0.6) is 0 Å². The number of hydrogen-bond donors (Lipinski definition) is 3. The Morgan fingerprint density at radius 2 is 2.25 bits per heavy atom. The minimum Gasteiger partial charge on any atom is -0.396 e.